The number of hydrogen-bond acceptors (Lipinski definition) is 2. The molecular weight excluding hydrogens is 261 g/mol. The Bertz CT molecular complexity index is 664. The lowest BCUT2D eigenvalue weighted by atomic mass is 10.1. The fourth-order valence-corrected chi connectivity index (χ4v) is 2.16. The van der Waals surface area contributed by atoms with Gasteiger partial charge in [-0.05, 0) is 24.1 Å². The van der Waals surface area contributed by atoms with Crippen LogP contribution in [0.3, 0.4) is 0 Å². The number of nitrogens with one attached hydrogen (secondary N) is 3. The van der Waals surface area contributed by atoms with Crippen LogP contribution >= 0.6 is 0 Å². The van der Waals surface area contributed by atoms with Gasteiger partial charge < -0.3 is 15.6 Å². The number of hydrogen-bond donors (Lipinski definition) is 3. The number of rotatable bonds is 4. The van der Waals surface area contributed by atoms with Crippen molar-refractivity contribution in [3.63, 3.8) is 0 Å². The van der Waals surface area contributed by atoms with Gasteiger partial charge in [-0.25, -0.2) is 4.39 Å². The average Bonchev–Trinajstić information content (AvgIpc) is 2.71. The lowest BCUT2D eigenvalue weighted by Crippen LogP contribution is -2.22. The molecule has 0 aliphatic rings. The van der Waals surface area contributed by atoms with Crippen molar-refractivity contribution in [1.29, 1.82) is 0 Å². The van der Waals surface area contributed by atoms with Crippen LogP contribution in [-0.2, 0) is 16.0 Å². The Morgan fingerprint density at radius 1 is 1.25 bits per heavy atom. The maximum atomic E-state index is 13.5. The molecule has 2 amide bonds. The predicted octanol–water partition coefficient (Wildman–Crippen LogP) is 1.94. The highest BCUT2D eigenvalue weighted by atomic mass is 19.1. The molecule has 106 valence electrons. The molecule has 3 N–H and O–H groups in total. The fraction of sp³-hybridized carbons (Fsp3) is 0.286. The minimum atomic E-state index is -0.420. The first-order chi connectivity index (χ1) is 9.47. The van der Waals surface area contributed by atoms with E-state index in [4.69, 9.17) is 0 Å². The van der Waals surface area contributed by atoms with Crippen molar-refractivity contribution in [3.8, 4) is 0 Å². The summed E-state index contributed by atoms with van der Waals surface area (Å²) in [6.45, 7) is 3.31. The molecule has 5 nitrogen and oxygen atoms in total. The molecule has 2 rings (SSSR count). The van der Waals surface area contributed by atoms with Crippen LogP contribution in [0.5, 0.6) is 0 Å². The number of halogens is 1. The number of H-pyrrole nitrogens is 1. The highest BCUT2D eigenvalue weighted by molar-refractivity contribution is 6.02. The van der Waals surface area contributed by atoms with Crippen LogP contribution in [0.25, 0.3) is 10.9 Å². The molecule has 0 aliphatic carbocycles. The average molecular weight is 277 g/mol. The molecule has 0 unspecified atom stereocenters. The van der Waals surface area contributed by atoms with Crippen molar-refractivity contribution in [3.05, 3.63) is 29.7 Å². The maximum Gasteiger partial charge on any atom is 0.221 e. The zero-order chi connectivity index (χ0) is 14.7. The van der Waals surface area contributed by atoms with Crippen LogP contribution < -0.4 is 10.6 Å². The van der Waals surface area contributed by atoms with E-state index in [0.717, 1.165) is 10.9 Å². The summed E-state index contributed by atoms with van der Waals surface area (Å²) in [6, 6.07) is 2.67. The molecule has 2 aromatic rings. The zero-order valence-corrected chi connectivity index (χ0v) is 11.3. The number of aromatic amines is 1. The number of fused-ring (bicyclic) bond motifs is 1. The number of amides is 2. The van der Waals surface area contributed by atoms with Gasteiger partial charge in [-0.2, -0.15) is 0 Å². The number of carbonyl (C=O) groups is 2. The van der Waals surface area contributed by atoms with Gasteiger partial charge in [-0.15, -0.1) is 0 Å². The summed E-state index contributed by atoms with van der Waals surface area (Å²) in [7, 11) is 0. The predicted molar refractivity (Wildman–Crippen MR) is 74.9 cm³/mol. The molecule has 1 aromatic carbocycles. The molecule has 0 bridgehead atoms. The number of benzene rings is 1. The topological polar surface area (TPSA) is 74.0 Å². The van der Waals surface area contributed by atoms with E-state index in [1.807, 2.05) is 0 Å². The summed E-state index contributed by atoms with van der Waals surface area (Å²) >= 11 is 0. The molecule has 0 spiro atoms. The molecule has 6 heteroatoms. The lowest BCUT2D eigenvalue weighted by Gasteiger charge is -2.07. The van der Waals surface area contributed by atoms with Crippen LogP contribution in [-0.4, -0.2) is 23.3 Å². The molecule has 20 heavy (non-hydrogen) atoms. The molecule has 0 fully saturated rings. The summed E-state index contributed by atoms with van der Waals surface area (Å²) < 4.78 is 13.5. The van der Waals surface area contributed by atoms with Crippen LogP contribution in [0.15, 0.2) is 18.3 Å². The monoisotopic (exact) mass is 277 g/mol. The molecule has 0 atom stereocenters. The summed E-state index contributed by atoms with van der Waals surface area (Å²) in [5.41, 5.74) is 1.97. The van der Waals surface area contributed by atoms with Gasteiger partial charge in [-0.1, -0.05) is 0 Å². The van der Waals surface area contributed by atoms with E-state index >= 15 is 0 Å². The normalized spacial score (nSPS) is 10.6. The van der Waals surface area contributed by atoms with Crippen molar-refractivity contribution in [2.45, 2.75) is 20.3 Å². The second kappa shape index (κ2) is 5.73. The van der Waals surface area contributed by atoms with E-state index in [9.17, 15) is 14.0 Å². The summed E-state index contributed by atoms with van der Waals surface area (Å²) in [5, 5.41) is 6.10. The van der Waals surface area contributed by atoms with Crippen molar-refractivity contribution in [1.82, 2.24) is 10.3 Å². The van der Waals surface area contributed by atoms with E-state index in [-0.39, 0.29) is 11.8 Å². The molecule has 1 aromatic heterocycles. The SMILES string of the molecule is CC(=O)NCCc1c[nH]c2cc(F)cc(NC(C)=O)c12. The minimum absolute atomic E-state index is 0.0991. The number of carbonyl (C=O) groups excluding carboxylic acids is 2. The third kappa shape index (κ3) is 3.14. The first-order valence-electron chi connectivity index (χ1n) is 6.29. The molecule has 0 saturated heterocycles. The van der Waals surface area contributed by atoms with Crippen molar-refractivity contribution in [2.75, 3.05) is 11.9 Å². The quantitative estimate of drug-likeness (QED) is 0.799. The molecule has 1 heterocycles. The Kier molecular flexibility index (Phi) is 4.02. The zero-order valence-electron chi connectivity index (χ0n) is 11.3. The van der Waals surface area contributed by atoms with Gasteiger partial charge in [0.25, 0.3) is 0 Å². The lowest BCUT2D eigenvalue weighted by molar-refractivity contribution is -0.119. The van der Waals surface area contributed by atoms with Crippen LogP contribution in [0.4, 0.5) is 10.1 Å². The highest BCUT2D eigenvalue weighted by Gasteiger charge is 2.12. The van der Waals surface area contributed by atoms with E-state index < -0.39 is 5.82 Å². The fourth-order valence-electron chi connectivity index (χ4n) is 2.16. The van der Waals surface area contributed by atoms with Crippen molar-refractivity contribution in [2.24, 2.45) is 0 Å². The van der Waals surface area contributed by atoms with Gasteiger partial charge in [-0.3, -0.25) is 9.59 Å². The van der Waals surface area contributed by atoms with E-state index in [1.54, 1.807) is 6.20 Å². The minimum Gasteiger partial charge on any atom is -0.361 e. The Balaban J connectivity index is 2.35. The summed E-state index contributed by atoms with van der Waals surface area (Å²) in [5.74, 6) is -0.777. The molecule has 0 saturated carbocycles. The Morgan fingerprint density at radius 3 is 2.65 bits per heavy atom. The van der Waals surface area contributed by atoms with E-state index in [0.29, 0.717) is 24.2 Å². The smallest absolute Gasteiger partial charge is 0.221 e. The van der Waals surface area contributed by atoms with Crippen LogP contribution in [0.2, 0.25) is 0 Å². The first kappa shape index (κ1) is 14.0. The van der Waals surface area contributed by atoms with Gasteiger partial charge in [0.1, 0.15) is 5.82 Å². The summed E-state index contributed by atoms with van der Waals surface area (Å²) in [4.78, 5) is 25.0. The second-order valence-corrected chi connectivity index (χ2v) is 4.60. The van der Waals surface area contributed by atoms with Crippen molar-refractivity contribution < 1.29 is 14.0 Å². The second-order valence-electron chi connectivity index (χ2n) is 4.60. The molecule has 0 aliphatic heterocycles. The Hall–Kier alpha value is -2.37. The summed E-state index contributed by atoms with van der Waals surface area (Å²) in [6.07, 6.45) is 2.36. The highest BCUT2D eigenvalue weighted by Crippen LogP contribution is 2.28. The number of anilines is 1. The first-order valence-corrected chi connectivity index (χ1v) is 6.29. The Morgan fingerprint density at radius 2 is 2.00 bits per heavy atom. The molecular formula is C14H16FN3O2. The Labute approximate surface area is 115 Å². The molecule has 0 radical (unpaired) electrons. The van der Waals surface area contributed by atoms with E-state index in [1.165, 1.54) is 26.0 Å². The van der Waals surface area contributed by atoms with Gasteiger partial charge in [0.15, 0.2) is 0 Å². The third-order valence-corrected chi connectivity index (χ3v) is 2.91. The maximum absolute atomic E-state index is 13.5. The van der Waals surface area contributed by atoms with Gasteiger partial charge in [0.2, 0.25) is 11.8 Å². The third-order valence-electron chi connectivity index (χ3n) is 2.91. The number of aromatic nitrogens is 1. The van der Waals surface area contributed by atoms with Gasteiger partial charge in [0, 0.05) is 32.0 Å². The van der Waals surface area contributed by atoms with E-state index in [2.05, 4.69) is 15.6 Å². The van der Waals surface area contributed by atoms with Crippen LogP contribution in [0, 0.1) is 5.82 Å². The largest absolute Gasteiger partial charge is 0.361 e. The van der Waals surface area contributed by atoms with Gasteiger partial charge in [0.05, 0.1) is 11.2 Å². The van der Waals surface area contributed by atoms with Gasteiger partial charge >= 0.3 is 0 Å². The standard InChI is InChI=1S/C14H16FN3O2/c1-8(19)16-4-3-10-7-17-12-5-11(15)6-13(14(10)12)18-9(2)20/h5-7,17H,3-4H2,1-2H3,(H,16,19)(H,18,20). The van der Waals surface area contributed by atoms with Crippen LogP contribution in [0.1, 0.15) is 19.4 Å². The van der Waals surface area contributed by atoms with Crippen molar-refractivity contribution >= 4 is 28.4 Å².